The van der Waals surface area contributed by atoms with Crippen LogP contribution in [0.4, 0.5) is 0 Å². The van der Waals surface area contributed by atoms with Crippen molar-refractivity contribution in [3.63, 3.8) is 0 Å². The second-order valence-corrected chi connectivity index (χ2v) is 3.12. The van der Waals surface area contributed by atoms with Gasteiger partial charge in [0.2, 0.25) is 0 Å². The van der Waals surface area contributed by atoms with E-state index in [-0.39, 0.29) is 21.7 Å². The van der Waals surface area contributed by atoms with Gasteiger partial charge in [0.25, 0.3) is 0 Å². The predicted molar refractivity (Wildman–Crippen MR) is 51.2 cm³/mol. The van der Waals surface area contributed by atoms with Gasteiger partial charge in [-0.3, -0.25) is 0 Å². The summed E-state index contributed by atoms with van der Waals surface area (Å²) in [5, 5.41) is -0.667. The van der Waals surface area contributed by atoms with Crippen molar-refractivity contribution >= 4 is 21.7 Å². The molecule has 0 bridgehead atoms. The van der Waals surface area contributed by atoms with Crippen molar-refractivity contribution in [3.05, 3.63) is 47.9 Å². The highest BCUT2D eigenvalue weighted by Gasteiger charge is 2.19. The summed E-state index contributed by atoms with van der Waals surface area (Å²) in [6.45, 7) is 0. The third-order valence-electron chi connectivity index (χ3n) is 2.27. The molecule has 3 heterocycles. The molecule has 3 rings (SSSR count). The van der Waals surface area contributed by atoms with Gasteiger partial charge in [-0.1, -0.05) is 0 Å². The predicted octanol–water partition coefficient (Wildman–Crippen LogP) is -1.11. The first-order valence-electron chi connectivity index (χ1n) is 4.15. The largest absolute Gasteiger partial charge is 0.386 e. The molecule has 0 aliphatic rings. The first-order valence-corrected chi connectivity index (χ1v) is 4.15. The monoisotopic (exact) mass is 219 g/mol. The molecular weight excluding hydrogens is 218 g/mol. The Morgan fingerprint density at radius 1 is 0.812 bits per heavy atom. The SMILES string of the molecule is O=c1oc(=O)c2c1cnc1c(=O)oc(=O)c12. The van der Waals surface area contributed by atoms with E-state index in [4.69, 9.17) is 0 Å². The summed E-state index contributed by atoms with van der Waals surface area (Å²) in [6.07, 6.45) is 1.02. The average molecular weight is 219 g/mol. The van der Waals surface area contributed by atoms with Gasteiger partial charge < -0.3 is 8.83 Å². The zero-order valence-electron chi connectivity index (χ0n) is 7.47. The highest BCUT2D eigenvalue weighted by Crippen LogP contribution is 2.12. The molecule has 7 nitrogen and oxygen atoms in total. The molecule has 0 amide bonds. The Morgan fingerprint density at radius 3 is 2.19 bits per heavy atom. The first kappa shape index (κ1) is 8.72. The molecule has 0 spiro atoms. The molecule has 0 fully saturated rings. The fraction of sp³-hybridized carbons (Fsp3) is 0. The molecule has 0 unspecified atom stereocenters. The highest BCUT2D eigenvalue weighted by atomic mass is 16.4. The molecule has 78 valence electrons. The van der Waals surface area contributed by atoms with Gasteiger partial charge in [-0.25, -0.2) is 24.2 Å². The summed E-state index contributed by atoms with van der Waals surface area (Å²) in [6, 6.07) is 0. The maximum absolute atomic E-state index is 11.3. The smallest absolute Gasteiger partial charge is 0.365 e. The Bertz CT molecular complexity index is 844. The lowest BCUT2D eigenvalue weighted by molar-refractivity contribution is 0.496. The molecule has 0 aliphatic carbocycles. The molecular formula is C9HNO6. The van der Waals surface area contributed by atoms with Crippen molar-refractivity contribution in [1.29, 1.82) is 0 Å². The summed E-state index contributed by atoms with van der Waals surface area (Å²) in [5.41, 5.74) is -4.05. The van der Waals surface area contributed by atoms with Crippen LogP contribution in [-0.2, 0) is 0 Å². The van der Waals surface area contributed by atoms with E-state index in [0.717, 1.165) is 6.20 Å². The normalized spacial score (nSPS) is 11.5. The van der Waals surface area contributed by atoms with Crippen molar-refractivity contribution in [3.8, 4) is 0 Å². The number of furan rings is 2. The average Bonchev–Trinajstić information content (AvgIpc) is 2.67. The minimum atomic E-state index is -0.990. The topological polar surface area (TPSA) is 107 Å². The molecule has 3 aromatic rings. The number of nitrogens with zero attached hydrogens (tertiary/aromatic N) is 1. The summed E-state index contributed by atoms with van der Waals surface area (Å²) < 4.78 is 8.58. The van der Waals surface area contributed by atoms with Crippen molar-refractivity contribution in [2.45, 2.75) is 0 Å². The van der Waals surface area contributed by atoms with E-state index in [9.17, 15) is 19.2 Å². The molecule has 3 aromatic heterocycles. The third-order valence-corrected chi connectivity index (χ3v) is 2.27. The second-order valence-electron chi connectivity index (χ2n) is 3.12. The number of fused-ring (bicyclic) bond motifs is 3. The first-order chi connectivity index (χ1) is 7.59. The van der Waals surface area contributed by atoms with Crippen LogP contribution in [0.25, 0.3) is 21.7 Å². The van der Waals surface area contributed by atoms with Crippen LogP contribution in [0.5, 0.6) is 0 Å². The van der Waals surface area contributed by atoms with E-state index in [2.05, 4.69) is 13.8 Å². The zero-order chi connectivity index (χ0) is 11.4. The summed E-state index contributed by atoms with van der Waals surface area (Å²) >= 11 is 0. The maximum atomic E-state index is 11.3. The minimum absolute atomic E-state index is 0.129. The lowest BCUT2D eigenvalue weighted by Crippen LogP contribution is -1.99. The van der Waals surface area contributed by atoms with Gasteiger partial charge in [0.05, 0.1) is 10.8 Å². The standard InChI is InChI=1S/C9HNO6/c11-6-2-1-10-5-4(3(2)7(12)15-6)8(13)16-9(5)14/h1H. The lowest BCUT2D eigenvalue weighted by atomic mass is 10.2. The van der Waals surface area contributed by atoms with Crippen molar-refractivity contribution in [2.24, 2.45) is 0 Å². The van der Waals surface area contributed by atoms with E-state index < -0.39 is 22.5 Å². The van der Waals surface area contributed by atoms with E-state index >= 15 is 0 Å². The number of aromatic nitrogens is 1. The van der Waals surface area contributed by atoms with E-state index in [0.29, 0.717) is 0 Å². The van der Waals surface area contributed by atoms with Crippen LogP contribution in [-0.4, -0.2) is 4.98 Å². The molecule has 0 atom stereocenters. The molecule has 0 radical (unpaired) electrons. The fourth-order valence-electron chi connectivity index (χ4n) is 1.61. The number of pyridine rings is 1. The van der Waals surface area contributed by atoms with Gasteiger partial charge in [0, 0.05) is 6.20 Å². The molecule has 16 heavy (non-hydrogen) atoms. The Balaban J connectivity index is 2.92. The minimum Gasteiger partial charge on any atom is -0.386 e. The van der Waals surface area contributed by atoms with Gasteiger partial charge in [0.1, 0.15) is 5.39 Å². The van der Waals surface area contributed by atoms with Gasteiger partial charge in [-0.2, -0.15) is 0 Å². The van der Waals surface area contributed by atoms with Crippen LogP contribution in [0.15, 0.2) is 34.2 Å². The molecule has 7 heteroatoms. The zero-order valence-corrected chi connectivity index (χ0v) is 7.47. The van der Waals surface area contributed by atoms with Crippen LogP contribution < -0.4 is 22.5 Å². The molecule has 0 saturated carbocycles. The Labute approximate surface area is 84.2 Å². The van der Waals surface area contributed by atoms with E-state index in [1.807, 2.05) is 0 Å². The number of hydrogen-bond donors (Lipinski definition) is 0. The van der Waals surface area contributed by atoms with Gasteiger partial charge in [-0.15, -0.1) is 0 Å². The molecule has 0 aliphatic heterocycles. The van der Waals surface area contributed by atoms with Crippen LogP contribution in [0.1, 0.15) is 0 Å². The van der Waals surface area contributed by atoms with Crippen molar-refractivity contribution in [1.82, 2.24) is 4.98 Å². The van der Waals surface area contributed by atoms with Crippen LogP contribution in [0.2, 0.25) is 0 Å². The third kappa shape index (κ3) is 0.842. The van der Waals surface area contributed by atoms with Gasteiger partial charge in [0.15, 0.2) is 5.52 Å². The van der Waals surface area contributed by atoms with Crippen LogP contribution >= 0.6 is 0 Å². The summed E-state index contributed by atoms with van der Waals surface area (Å²) in [7, 11) is 0. The Hall–Kier alpha value is -2.57. The van der Waals surface area contributed by atoms with Crippen molar-refractivity contribution < 1.29 is 8.83 Å². The van der Waals surface area contributed by atoms with Crippen molar-refractivity contribution in [2.75, 3.05) is 0 Å². The summed E-state index contributed by atoms with van der Waals surface area (Å²) in [5.74, 6) is 0. The van der Waals surface area contributed by atoms with Gasteiger partial charge >= 0.3 is 22.5 Å². The van der Waals surface area contributed by atoms with E-state index in [1.54, 1.807) is 0 Å². The number of hydrogen-bond acceptors (Lipinski definition) is 7. The summed E-state index contributed by atoms with van der Waals surface area (Å²) in [4.78, 5) is 48.4. The van der Waals surface area contributed by atoms with Crippen LogP contribution in [0.3, 0.4) is 0 Å². The molecule has 0 N–H and O–H groups in total. The number of rotatable bonds is 0. The van der Waals surface area contributed by atoms with Crippen LogP contribution in [0, 0.1) is 0 Å². The quantitative estimate of drug-likeness (QED) is 0.471. The second kappa shape index (κ2) is 2.51. The van der Waals surface area contributed by atoms with Gasteiger partial charge in [-0.05, 0) is 0 Å². The maximum Gasteiger partial charge on any atom is 0.365 e. The fourth-order valence-corrected chi connectivity index (χ4v) is 1.61. The highest BCUT2D eigenvalue weighted by molar-refractivity contribution is 6.03. The van der Waals surface area contributed by atoms with E-state index in [1.165, 1.54) is 0 Å². The Kier molecular flexibility index (Phi) is 1.37. The Morgan fingerprint density at radius 2 is 1.44 bits per heavy atom. The molecule has 0 aromatic carbocycles. The molecule has 0 saturated heterocycles. The lowest BCUT2D eigenvalue weighted by Gasteiger charge is -1.83.